The molecule has 0 bridgehead atoms. The van der Waals surface area contributed by atoms with Gasteiger partial charge in [0.25, 0.3) is 5.91 Å². The van der Waals surface area contributed by atoms with E-state index in [1.807, 2.05) is 24.3 Å². The van der Waals surface area contributed by atoms with E-state index < -0.39 is 0 Å². The highest BCUT2D eigenvalue weighted by molar-refractivity contribution is 5.95. The summed E-state index contributed by atoms with van der Waals surface area (Å²) in [5.41, 5.74) is 3.49. The molecule has 1 heterocycles. The van der Waals surface area contributed by atoms with Gasteiger partial charge < -0.3 is 10.1 Å². The third-order valence-electron chi connectivity index (χ3n) is 2.95. The molecule has 0 spiro atoms. The van der Waals surface area contributed by atoms with Crippen molar-refractivity contribution in [1.29, 1.82) is 0 Å². The van der Waals surface area contributed by atoms with E-state index >= 15 is 0 Å². The monoisotopic (exact) mass is 255 g/mol. The molecule has 0 unspecified atom stereocenters. The first kappa shape index (κ1) is 13.1. The molecule has 0 saturated heterocycles. The third kappa shape index (κ3) is 3.58. The van der Waals surface area contributed by atoms with E-state index in [1.165, 1.54) is 11.1 Å². The highest BCUT2D eigenvalue weighted by Crippen LogP contribution is 2.25. The summed E-state index contributed by atoms with van der Waals surface area (Å²) in [5.74, 6) is 0.649. The molecule has 0 atom stereocenters. The minimum absolute atomic E-state index is 0.0938. The highest BCUT2D eigenvalue weighted by atomic mass is 16.5. The van der Waals surface area contributed by atoms with E-state index in [4.69, 9.17) is 4.74 Å². The molecule has 19 heavy (non-hydrogen) atoms. The maximum absolute atomic E-state index is 10.8. The number of amides is 1. The summed E-state index contributed by atoms with van der Waals surface area (Å²) in [5, 5.41) is 2.70. The van der Waals surface area contributed by atoms with Gasteiger partial charge in [-0.1, -0.05) is 36.4 Å². The number of ether oxygens (including phenoxy) is 1. The number of rotatable bonds is 0. The Labute approximate surface area is 113 Å². The first-order valence-electron chi connectivity index (χ1n) is 6.21. The minimum Gasteiger partial charge on any atom is -0.482 e. The van der Waals surface area contributed by atoms with Gasteiger partial charge in [-0.15, -0.1) is 0 Å². The van der Waals surface area contributed by atoms with E-state index in [2.05, 4.69) is 43.4 Å². The molecule has 2 aromatic rings. The van der Waals surface area contributed by atoms with Gasteiger partial charge in [0, 0.05) is 0 Å². The number of benzene rings is 2. The molecule has 3 heteroatoms. The van der Waals surface area contributed by atoms with Crippen LogP contribution in [0.2, 0.25) is 0 Å². The lowest BCUT2D eigenvalue weighted by molar-refractivity contribution is -0.118. The van der Waals surface area contributed by atoms with Crippen LogP contribution >= 0.6 is 0 Å². The zero-order chi connectivity index (χ0) is 13.7. The van der Waals surface area contributed by atoms with Crippen molar-refractivity contribution >= 4 is 11.6 Å². The topological polar surface area (TPSA) is 38.3 Å². The van der Waals surface area contributed by atoms with Gasteiger partial charge in [0.1, 0.15) is 5.75 Å². The quantitative estimate of drug-likeness (QED) is 0.784. The van der Waals surface area contributed by atoms with E-state index in [0.717, 1.165) is 11.4 Å². The maximum atomic E-state index is 10.8. The van der Waals surface area contributed by atoms with Crippen LogP contribution in [0.4, 0.5) is 5.69 Å². The van der Waals surface area contributed by atoms with Crippen molar-refractivity contribution in [2.45, 2.75) is 13.8 Å². The largest absolute Gasteiger partial charge is 0.482 e. The van der Waals surface area contributed by atoms with E-state index in [0.29, 0.717) is 0 Å². The number of carbonyl (C=O) groups is 1. The number of hydrogen-bond donors (Lipinski definition) is 1. The molecule has 1 amide bonds. The zero-order valence-electron chi connectivity index (χ0n) is 11.1. The van der Waals surface area contributed by atoms with Gasteiger partial charge in [0.15, 0.2) is 6.61 Å². The molecule has 0 saturated carbocycles. The van der Waals surface area contributed by atoms with Gasteiger partial charge in [-0.2, -0.15) is 0 Å². The Morgan fingerprint density at radius 1 is 0.947 bits per heavy atom. The predicted octanol–water partition coefficient (Wildman–Crippen LogP) is 3.32. The fraction of sp³-hybridized carbons (Fsp3) is 0.188. The maximum Gasteiger partial charge on any atom is 0.262 e. The molecule has 2 aromatic carbocycles. The zero-order valence-corrected chi connectivity index (χ0v) is 11.1. The van der Waals surface area contributed by atoms with Crippen LogP contribution in [-0.4, -0.2) is 12.5 Å². The Balaban J connectivity index is 0.000000148. The van der Waals surface area contributed by atoms with Crippen LogP contribution in [0.3, 0.4) is 0 Å². The Kier molecular flexibility index (Phi) is 4.18. The van der Waals surface area contributed by atoms with Gasteiger partial charge in [0.2, 0.25) is 0 Å². The van der Waals surface area contributed by atoms with Crippen molar-refractivity contribution in [3.05, 3.63) is 59.7 Å². The number of nitrogens with one attached hydrogen (secondary N) is 1. The predicted molar refractivity (Wildman–Crippen MR) is 76.5 cm³/mol. The first-order valence-corrected chi connectivity index (χ1v) is 6.21. The summed E-state index contributed by atoms with van der Waals surface area (Å²) in [4.78, 5) is 10.8. The fourth-order valence-electron chi connectivity index (χ4n) is 1.69. The lowest BCUT2D eigenvalue weighted by Crippen LogP contribution is -2.25. The lowest BCUT2D eigenvalue weighted by Gasteiger charge is -2.16. The average molecular weight is 255 g/mol. The number of aryl methyl sites for hydroxylation is 2. The second-order valence-corrected chi connectivity index (χ2v) is 4.42. The summed E-state index contributed by atoms with van der Waals surface area (Å²) in [7, 11) is 0. The molecule has 0 aromatic heterocycles. The number of anilines is 1. The fourth-order valence-corrected chi connectivity index (χ4v) is 1.69. The van der Waals surface area contributed by atoms with Crippen LogP contribution in [0.1, 0.15) is 11.1 Å². The van der Waals surface area contributed by atoms with Crippen LogP contribution < -0.4 is 10.1 Å². The Morgan fingerprint density at radius 2 is 1.53 bits per heavy atom. The smallest absolute Gasteiger partial charge is 0.262 e. The summed E-state index contributed by atoms with van der Waals surface area (Å²) in [6.07, 6.45) is 0. The van der Waals surface area contributed by atoms with Crippen molar-refractivity contribution in [1.82, 2.24) is 0 Å². The molecular formula is C16H17NO2. The van der Waals surface area contributed by atoms with Crippen LogP contribution in [0.25, 0.3) is 0 Å². The van der Waals surface area contributed by atoms with Crippen LogP contribution in [0.15, 0.2) is 48.5 Å². The lowest BCUT2D eigenvalue weighted by atomic mass is 10.1. The molecule has 1 N–H and O–H groups in total. The van der Waals surface area contributed by atoms with E-state index in [-0.39, 0.29) is 12.5 Å². The SMILES string of the molecule is Cc1ccccc1C.O=C1COc2ccccc2N1. The summed E-state index contributed by atoms with van der Waals surface area (Å²) >= 11 is 0. The summed E-state index contributed by atoms with van der Waals surface area (Å²) in [6, 6.07) is 15.7. The van der Waals surface area contributed by atoms with Crippen molar-refractivity contribution in [3.8, 4) is 5.75 Å². The number of para-hydroxylation sites is 2. The highest BCUT2D eigenvalue weighted by Gasteiger charge is 2.13. The summed E-state index contributed by atoms with van der Waals surface area (Å²) in [6.45, 7) is 4.36. The van der Waals surface area contributed by atoms with Gasteiger partial charge >= 0.3 is 0 Å². The number of fused-ring (bicyclic) bond motifs is 1. The second kappa shape index (κ2) is 6.05. The molecule has 0 fully saturated rings. The normalized spacial score (nSPS) is 12.4. The van der Waals surface area contributed by atoms with Crippen molar-refractivity contribution in [3.63, 3.8) is 0 Å². The van der Waals surface area contributed by atoms with E-state index in [9.17, 15) is 4.79 Å². The van der Waals surface area contributed by atoms with Gasteiger partial charge in [-0.3, -0.25) is 4.79 Å². The van der Waals surface area contributed by atoms with Crippen molar-refractivity contribution in [2.75, 3.05) is 11.9 Å². The van der Waals surface area contributed by atoms with Crippen LogP contribution in [0, 0.1) is 13.8 Å². The number of hydrogen-bond acceptors (Lipinski definition) is 2. The molecule has 0 aliphatic carbocycles. The Morgan fingerprint density at radius 3 is 2.16 bits per heavy atom. The summed E-state index contributed by atoms with van der Waals surface area (Å²) < 4.78 is 5.12. The Hall–Kier alpha value is -2.29. The number of carbonyl (C=O) groups excluding carboxylic acids is 1. The minimum atomic E-state index is -0.0938. The first-order chi connectivity index (χ1) is 9.16. The Bertz CT molecular complexity index is 557. The molecule has 98 valence electrons. The van der Waals surface area contributed by atoms with Crippen molar-refractivity contribution in [2.24, 2.45) is 0 Å². The molecule has 1 aliphatic heterocycles. The van der Waals surface area contributed by atoms with Gasteiger partial charge in [-0.25, -0.2) is 0 Å². The molecular weight excluding hydrogens is 238 g/mol. The standard InChI is InChI=1S/C8H7NO2.C8H10/c10-8-5-11-7-4-2-1-3-6(7)9-8;1-7-5-3-4-6-8(7)2/h1-4H,5H2,(H,9,10);3-6H,1-2H3. The molecule has 0 radical (unpaired) electrons. The van der Waals surface area contributed by atoms with Crippen LogP contribution in [0.5, 0.6) is 5.75 Å². The molecule has 1 aliphatic rings. The second-order valence-electron chi connectivity index (χ2n) is 4.42. The molecule has 3 rings (SSSR count). The van der Waals surface area contributed by atoms with Gasteiger partial charge in [0.05, 0.1) is 5.69 Å². The van der Waals surface area contributed by atoms with Gasteiger partial charge in [-0.05, 0) is 37.1 Å². The van der Waals surface area contributed by atoms with E-state index in [1.54, 1.807) is 0 Å². The van der Waals surface area contributed by atoms with Crippen molar-refractivity contribution < 1.29 is 9.53 Å². The molecule has 3 nitrogen and oxygen atoms in total. The average Bonchev–Trinajstić information content (AvgIpc) is 2.43. The van der Waals surface area contributed by atoms with Crippen LogP contribution in [-0.2, 0) is 4.79 Å². The third-order valence-corrected chi connectivity index (χ3v) is 2.95.